The molecule has 0 unspecified atom stereocenters. The number of amides is 1. The topological polar surface area (TPSA) is 83.9 Å². The van der Waals surface area contributed by atoms with E-state index in [1.165, 1.54) is 0 Å². The average Bonchev–Trinajstić information content (AvgIpc) is 3.34. The third-order valence-electron chi connectivity index (χ3n) is 5.32. The first-order valence-corrected chi connectivity index (χ1v) is 9.51. The molecule has 5 rings (SSSR count). The number of benzene rings is 1. The first kappa shape index (κ1) is 17.4. The van der Waals surface area contributed by atoms with Crippen molar-refractivity contribution in [3.05, 3.63) is 65.5 Å². The molecule has 1 aliphatic heterocycles. The number of anilines is 1. The second-order valence-electron chi connectivity index (χ2n) is 7.25. The normalized spacial score (nSPS) is 14.1. The van der Waals surface area contributed by atoms with Gasteiger partial charge < -0.3 is 9.88 Å². The largest absolute Gasteiger partial charge is 0.327 e. The fourth-order valence-electron chi connectivity index (χ4n) is 3.88. The molecule has 1 fully saturated rings. The zero-order valence-corrected chi connectivity index (χ0v) is 15.9. The molecule has 1 amide bonds. The first-order chi connectivity index (χ1) is 14.1. The van der Waals surface area contributed by atoms with Gasteiger partial charge in [0.1, 0.15) is 0 Å². The van der Waals surface area contributed by atoms with E-state index in [1.54, 1.807) is 24.1 Å². The fraction of sp³-hybridized carbons (Fsp3) is 0.182. The molecule has 0 atom stereocenters. The lowest BCUT2D eigenvalue weighted by Gasteiger charge is -2.16. The summed E-state index contributed by atoms with van der Waals surface area (Å²) in [5.74, 6) is 0.181. The Labute approximate surface area is 166 Å². The van der Waals surface area contributed by atoms with Crippen LogP contribution in [0.1, 0.15) is 12.8 Å². The number of aromatic amines is 1. The van der Waals surface area contributed by atoms with Gasteiger partial charge in [0.2, 0.25) is 5.91 Å². The first-order valence-electron chi connectivity index (χ1n) is 9.51. The number of aromatic nitrogens is 4. The maximum Gasteiger partial charge on any atom is 0.276 e. The smallest absolute Gasteiger partial charge is 0.276 e. The van der Waals surface area contributed by atoms with E-state index >= 15 is 0 Å². The molecule has 4 aromatic rings. The van der Waals surface area contributed by atoms with E-state index in [4.69, 9.17) is 0 Å². The van der Waals surface area contributed by atoms with Crippen molar-refractivity contribution in [2.45, 2.75) is 12.8 Å². The van der Waals surface area contributed by atoms with Crippen molar-refractivity contribution >= 4 is 22.5 Å². The van der Waals surface area contributed by atoms with Gasteiger partial charge in [-0.15, -0.1) is 0 Å². The van der Waals surface area contributed by atoms with E-state index in [0.717, 1.165) is 46.3 Å². The summed E-state index contributed by atoms with van der Waals surface area (Å²) in [5, 5.41) is 5.04. The molecular weight excluding hydrogens is 366 g/mol. The molecule has 1 aliphatic rings. The van der Waals surface area contributed by atoms with Crippen molar-refractivity contribution in [3.63, 3.8) is 0 Å². The SMILES string of the molecule is Cn1cc2c(-c3cncc(-c4ccc(N5CCCC5=O)cc4)c3)c[nH]c(=O)c2n1. The summed E-state index contributed by atoms with van der Waals surface area (Å²) in [7, 11) is 1.80. The Morgan fingerprint density at radius 1 is 1.03 bits per heavy atom. The number of rotatable bonds is 3. The molecule has 1 saturated heterocycles. The molecule has 29 heavy (non-hydrogen) atoms. The van der Waals surface area contributed by atoms with Crippen LogP contribution in [0.5, 0.6) is 0 Å². The Kier molecular flexibility index (Phi) is 4.01. The fourth-order valence-corrected chi connectivity index (χ4v) is 3.88. The Morgan fingerprint density at radius 2 is 1.83 bits per heavy atom. The molecule has 0 radical (unpaired) electrons. The zero-order valence-electron chi connectivity index (χ0n) is 15.9. The van der Waals surface area contributed by atoms with E-state index in [2.05, 4.69) is 15.1 Å². The second kappa shape index (κ2) is 6.70. The summed E-state index contributed by atoms with van der Waals surface area (Å²) >= 11 is 0. The highest BCUT2D eigenvalue weighted by atomic mass is 16.2. The van der Waals surface area contributed by atoms with Gasteiger partial charge in [-0.2, -0.15) is 5.10 Å². The van der Waals surface area contributed by atoms with E-state index in [-0.39, 0.29) is 11.5 Å². The summed E-state index contributed by atoms with van der Waals surface area (Å²) < 4.78 is 1.64. The number of carbonyl (C=O) groups is 1. The van der Waals surface area contributed by atoms with Crippen molar-refractivity contribution in [3.8, 4) is 22.3 Å². The van der Waals surface area contributed by atoms with E-state index in [1.807, 2.05) is 47.6 Å². The molecular formula is C22H19N5O2. The number of hydrogen-bond donors (Lipinski definition) is 1. The molecule has 1 aromatic carbocycles. The Hall–Kier alpha value is -3.74. The molecule has 0 bridgehead atoms. The monoisotopic (exact) mass is 385 g/mol. The van der Waals surface area contributed by atoms with Crippen LogP contribution in [0, 0.1) is 0 Å². The highest BCUT2D eigenvalue weighted by molar-refractivity contribution is 5.96. The van der Waals surface area contributed by atoms with Gasteiger partial charge >= 0.3 is 0 Å². The lowest BCUT2D eigenvalue weighted by molar-refractivity contribution is -0.117. The van der Waals surface area contributed by atoms with Crippen LogP contribution in [0.3, 0.4) is 0 Å². The van der Waals surface area contributed by atoms with Gasteiger partial charge in [0, 0.05) is 72.6 Å². The highest BCUT2D eigenvalue weighted by Gasteiger charge is 2.21. The molecule has 7 heteroatoms. The Morgan fingerprint density at radius 3 is 2.59 bits per heavy atom. The number of nitrogens with zero attached hydrogens (tertiary/aromatic N) is 4. The van der Waals surface area contributed by atoms with Crippen LogP contribution in [0.2, 0.25) is 0 Å². The van der Waals surface area contributed by atoms with Crippen LogP contribution in [-0.2, 0) is 11.8 Å². The van der Waals surface area contributed by atoms with Gasteiger partial charge in [0.25, 0.3) is 5.56 Å². The van der Waals surface area contributed by atoms with Crippen molar-refractivity contribution in [1.82, 2.24) is 19.7 Å². The minimum Gasteiger partial charge on any atom is -0.327 e. The van der Waals surface area contributed by atoms with Crippen molar-refractivity contribution in [2.24, 2.45) is 7.05 Å². The van der Waals surface area contributed by atoms with Crippen molar-refractivity contribution < 1.29 is 4.79 Å². The average molecular weight is 385 g/mol. The maximum absolute atomic E-state index is 12.1. The third-order valence-corrected chi connectivity index (χ3v) is 5.32. The standard InChI is InChI=1S/C22H19N5O2/c1-26-13-19-18(12-24-22(29)21(19)25-26)16-9-15(10-23-11-16)14-4-6-17(7-5-14)27-8-2-3-20(27)28/h4-7,9-13H,2-3,8H2,1H3,(H,24,29). The second-order valence-corrected chi connectivity index (χ2v) is 7.25. The van der Waals surface area contributed by atoms with Gasteiger partial charge in [-0.1, -0.05) is 12.1 Å². The zero-order chi connectivity index (χ0) is 20.0. The molecule has 3 aromatic heterocycles. The summed E-state index contributed by atoms with van der Waals surface area (Å²) in [6.07, 6.45) is 8.67. The van der Waals surface area contributed by atoms with Crippen molar-refractivity contribution in [2.75, 3.05) is 11.4 Å². The van der Waals surface area contributed by atoms with E-state index < -0.39 is 0 Å². The van der Waals surface area contributed by atoms with Gasteiger partial charge in [-0.05, 0) is 30.2 Å². The molecule has 144 valence electrons. The van der Waals surface area contributed by atoms with Crippen LogP contribution in [0.25, 0.3) is 33.2 Å². The van der Waals surface area contributed by atoms with Crippen LogP contribution in [0.4, 0.5) is 5.69 Å². The van der Waals surface area contributed by atoms with E-state index in [9.17, 15) is 9.59 Å². The number of aryl methyl sites for hydroxylation is 1. The van der Waals surface area contributed by atoms with Crippen LogP contribution in [0.15, 0.2) is 59.9 Å². The molecule has 1 N–H and O–H groups in total. The molecule has 0 spiro atoms. The summed E-state index contributed by atoms with van der Waals surface area (Å²) in [4.78, 5) is 33.0. The molecule has 0 aliphatic carbocycles. The highest BCUT2D eigenvalue weighted by Crippen LogP contribution is 2.30. The predicted molar refractivity (Wildman–Crippen MR) is 112 cm³/mol. The summed E-state index contributed by atoms with van der Waals surface area (Å²) in [6, 6.07) is 10.0. The quantitative estimate of drug-likeness (QED) is 0.587. The maximum atomic E-state index is 12.1. The summed E-state index contributed by atoms with van der Waals surface area (Å²) in [6.45, 7) is 0.780. The van der Waals surface area contributed by atoms with Crippen LogP contribution < -0.4 is 10.5 Å². The Bertz CT molecular complexity index is 1290. The van der Waals surface area contributed by atoms with E-state index in [0.29, 0.717) is 11.9 Å². The lowest BCUT2D eigenvalue weighted by atomic mass is 10.0. The minimum absolute atomic E-state index is 0.181. The molecule has 0 saturated carbocycles. The number of H-pyrrole nitrogens is 1. The minimum atomic E-state index is -0.208. The van der Waals surface area contributed by atoms with Gasteiger partial charge in [-0.25, -0.2) is 0 Å². The van der Waals surface area contributed by atoms with Gasteiger partial charge in [-0.3, -0.25) is 19.3 Å². The number of fused-ring (bicyclic) bond motifs is 1. The third kappa shape index (κ3) is 3.00. The van der Waals surface area contributed by atoms with Gasteiger partial charge in [0.05, 0.1) is 0 Å². The van der Waals surface area contributed by atoms with Crippen LogP contribution >= 0.6 is 0 Å². The molecule has 7 nitrogen and oxygen atoms in total. The van der Waals surface area contributed by atoms with Gasteiger partial charge in [0.15, 0.2) is 5.52 Å². The number of hydrogen-bond acceptors (Lipinski definition) is 4. The lowest BCUT2D eigenvalue weighted by Crippen LogP contribution is -2.23. The predicted octanol–water partition coefficient (Wildman–Crippen LogP) is 3.12. The summed E-state index contributed by atoms with van der Waals surface area (Å²) in [5.41, 5.74) is 4.89. The van der Waals surface area contributed by atoms with Crippen LogP contribution in [-0.4, -0.2) is 32.2 Å². The van der Waals surface area contributed by atoms with Crippen molar-refractivity contribution in [1.29, 1.82) is 0 Å². The molecule has 4 heterocycles. The number of carbonyl (C=O) groups excluding carboxylic acids is 1. The Balaban J connectivity index is 1.53. The number of pyridine rings is 2. The number of nitrogens with one attached hydrogen (secondary N) is 1.